The van der Waals surface area contributed by atoms with Crippen LogP contribution in [0.1, 0.15) is 37.4 Å². The summed E-state index contributed by atoms with van der Waals surface area (Å²) in [5.74, 6) is 1.31. The van der Waals surface area contributed by atoms with Gasteiger partial charge in [0.05, 0.1) is 11.4 Å². The number of fused-ring (bicyclic) bond motifs is 2. The third kappa shape index (κ3) is 4.81. The van der Waals surface area contributed by atoms with Crippen LogP contribution in [0.2, 0.25) is 0 Å². The zero-order valence-corrected chi connectivity index (χ0v) is 20.9. The number of carbonyl (C=O) groups is 2. The Kier molecular flexibility index (Phi) is 6.23. The van der Waals surface area contributed by atoms with Crippen molar-refractivity contribution in [3.63, 3.8) is 0 Å². The van der Waals surface area contributed by atoms with E-state index in [-0.39, 0.29) is 11.8 Å². The summed E-state index contributed by atoms with van der Waals surface area (Å²) >= 11 is 0. The predicted octanol–water partition coefficient (Wildman–Crippen LogP) is 4.61. The summed E-state index contributed by atoms with van der Waals surface area (Å²) in [6, 6.07) is 19.2. The summed E-state index contributed by atoms with van der Waals surface area (Å²) < 4.78 is 12.2. The number of anilines is 1. The van der Waals surface area contributed by atoms with Gasteiger partial charge in [0.25, 0.3) is 0 Å². The minimum Gasteiger partial charge on any atom is -0.439 e. The molecule has 5 aromatic rings. The van der Waals surface area contributed by atoms with Gasteiger partial charge in [-0.05, 0) is 49.9 Å². The number of carbonyl (C=O) groups excluding carboxylic acids is 2. The molecule has 4 N–H and O–H groups in total. The van der Waals surface area contributed by atoms with Crippen LogP contribution < -0.4 is 16.2 Å². The average molecular weight is 524 g/mol. The van der Waals surface area contributed by atoms with Crippen LogP contribution in [0.5, 0.6) is 11.6 Å². The average Bonchev–Trinajstić information content (AvgIpc) is 3.34. The first-order valence-electron chi connectivity index (χ1n) is 12.6. The maximum atomic E-state index is 12.1. The highest BCUT2D eigenvalue weighted by Crippen LogP contribution is 2.39. The Bertz CT molecular complexity index is 1700. The van der Waals surface area contributed by atoms with Crippen molar-refractivity contribution in [1.29, 1.82) is 0 Å². The van der Waals surface area contributed by atoms with E-state index in [9.17, 15) is 9.59 Å². The van der Waals surface area contributed by atoms with Gasteiger partial charge in [0.2, 0.25) is 5.88 Å². The Morgan fingerprint density at radius 2 is 1.72 bits per heavy atom. The van der Waals surface area contributed by atoms with Crippen molar-refractivity contribution in [2.75, 3.05) is 5.73 Å². The van der Waals surface area contributed by atoms with E-state index in [1.807, 2.05) is 60.7 Å². The second-order valence-corrected chi connectivity index (χ2v) is 9.49. The maximum absolute atomic E-state index is 12.1. The van der Waals surface area contributed by atoms with E-state index in [4.69, 9.17) is 26.2 Å². The zero-order valence-electron chi connectivity index (χ0n) is 20.9. The molecule has 1 saturated carbocycles. The highest BCUT2D eigenvalue weighted by atomic mass is 16.6. The fourth-order valence-electron chi connectivity index (χ4n) is 5.12. The van der Waals surface area contributed by atoms with Crippen LogP contribution in [0.4, 0.5) is 10.6 Å². The summed E-state index contributed by atoms with van der Waals surface area (Å²) in [4.78, 5) is 37.0. The molecule has 0 bridgehead atoms. The van der Waals surface area contributed by atoms with Crippen LogP contribution in [0.15, 0.2) is 67.0 Å². The second-order valence-electron chi connectivity index (χ2n) is 9.49. The van der Waals surface area contributed by atoms with Crippen molar-refractivity contribution in [2.24, 2.45) is 11.7 Å². The number of pyridine rings is 1. The topological polar surface area (TPSA) is 161 Å². The maximum Gasteiger partial charge on any atom is 0.412 e. The van der Waals surface area contributed by atoms with Gasteiger partial charge in [-0.25, -0.2) is 24.3 Å². The third-order valence-electron chi connectivity index (χ3n) is 7.02. The Morgan fingerprint density at radius 1 is 0.949 bits per heavy atom. The lowest BCUT2D eigenvalue weighted by atomic mass is 9.81. The number of benzene rings is 2. The molecule has 2 aromatic carbocycles. The molecule has 39 heavy (non-hydrogen) atoms. The summed E-state index contributed by atoms with van der Waals surface area (Å²) in [5, 5.41) is 5.41. The number of imidazole rings is 1. The number of primary amides is 1. The van der Waals surface area contributed by atoms with Gasteiger partial charge < -0.3 is 20.9 Å². The number of esters is 1. The Hall–Kier alpha value is -5.06. The molecule has 196 valence electrons. The lowest BCUT2D eigenvalue weighted by molar-refractivity contribution is -0.142. The second kappa shape index (κ2) is 10.0. The van der Waals surface area contributed by atoms with E-state index >= 15 is 0 Å². The number of hydrogen-bond donors (Lipinski definition) is 2. The Morgan fingerprint density at radius 3 is 2.49 bits per heavy atom. The van der Waals surface area contributed by atoms with Gasteiger partial charge in [-0.15, -0.1) is 0 Å². The van der Waals surface area contributed by atoms with Crippen molar-refractivity contribution in [1.82, 2.24) is 24.6 Å². The van der Waals surface area contributed by atoms with Gasteiger partial charge in [-0.2, -0.15) is 5.10 Å². The minimum absolute atomic E-state index is 0.0302. The van der Waals surface area contributed by atoms with Crippen molar-refractivity contribution in [2.45, 2.75) is 31.6 Å². The lowest BCUT2D eigenvalue weighted by Gasteiger charge is -2.25. The SMILES string of the molecule is NC(=O)OC(=O)C1CCC(c2nc(-c3ccc4ccc(Oc5ccccc5)nc4c3)c3c(N)ncnn23)CC1. The molecule has 1 fully saturated rings. The van der Waals surface area contributed by atoms with Crippen molar-refractivity contribution in [3.05, 3.63) is 72.8 Å². The normalized spacial score (nSPS) is 17.2. The number of nitrogen functional groups attached to an aromatic ring is 1. The third-order valence-corrected chi connectivity index (χ3v) is 7.02. The summed E-state index contributed by atoms with van der Waals surface area (Å²) in [6.45, 7) is 0. The molecule has 11 nitrogen and oxygen atoms in total. The molecule has 1 aliphatic rings. The first kappa shape index (κ1) is 24.3. The number of aromatic nitrogens is 5. The van der Waals surface area contributed by atoms with E-state index in [2.05, 4.69) is 14.8 Å². The zero-order chi connectivity index (χ0) is 26.9. The molecule has 11 heteroatoms. The van der Waals surface area contributed by atoms with Crippen LogP contribution in [0.25, 0.3) is 27.7 Å². The molecule has 1 amide bonds. The number of rotatable bonds is 5. The molecule has 6 rings (SSSR count). The molecule has 0 unspecified atom stereocenters. The van der Waals surface area contributed by atoms with Crippen molar-refractivity contribution in [3.8, 4) is 22.9 Å². The highest BCUT2D eigenvalue weighted by molar-refractivity contribution is 5.90. The van der Waals surface area contributed by atoms with Gasteiger partial charge in [0, 0.05) is 22.9 Å². The molecule has 0 spiro atoms. The fourth-order valence-corrected chi connectivity index (χ4v) is 5.12. The molecule has 0 radical (unpaired) electrons. The number of amides is 1. The van der Waals surface area contributed by atoms with Gasteiger partial charge in [0.1, 0.15) is 29.1 Å². The Balaban J connectivity index is 1.33. The van der Waals surface area contributed by atoms with Crippen LogP contribution in [0.3, 0.4) is 0 Å². The molecule has 0 aliphatic heterocycles. The number of hydrogen-bond acceptors (Lipinski definition) is 9. The van der Waals surface area contributed by atoms with E-state index in [1.54, 1.807) is 4.52 Å². The van der Waals surface area contributed by atoms with E-state index in [0.29, 0.717) is 54.3 Å². The molecule has 0 atom stereocenters. The monoisotopic (exact) mass is 523 g/mol. The summed E-state index contributed by atoms with van der Waals surface area (Å²) in [5.41, 5.74) is 14.1. The van der Waals surface area contributed by atoms with Crippen LogP contribution in [-0.2, 0) is 9.53 Å². The van der Waals surface area contributed by atoms with Crippen molar-refractivity contribution < 1.29 is 19.1 Å². The van der Waals surface area contributed by atoms with Gasteiger partial charge in [-0.3, -0.25) is 4.79 Å². The largest absolute Gasteiger partial charge is 0.439 e. The first-order valence-corrected chi connectivity index (χ1v) is 12.6. The molecular weight excluding hydrogens is 498 g/mol. The molecule has 3 heterocycles. The standard InChI is InChI=1S/C28H25N7O4/c29-25-24-23(19-11-6-16-12-13-22(33-21(16)14-19)38-20-4-2-1-3-5-20)34-26(35(24)32-15-31-25)17-7-9-18(10-8-17)27(36)39-28(30)37/h1-6,11-15,17-18H,7-10H2,(H2,30,37)(H2,29,31,32). The molecular formula is C28H25N7O4. The summed E-state index contributed by atoms with van der Waals surface area (Å²) in [6.07, 6.45) is 2.75. The van der Waals surface area contributed by atoms with Gasteiger partial charge >= 0.3 is 12.1 Å². The summed E-state index contributed by atoms with van der Waals surface area (Å²) in [7, 11) is 0. The molecule has 0 saturated heterocycles. The molecule has 3 aromatic heterocycles. The van der Waals surface area contributed by atoms with Crippen LogP contribution >= 0.6 is 0 Å². The lowest BCUT2D eigenvalue weighted by Crippen LogP contribution is -2.28. The first-order chi connectivity index (χ1) is 19.0. The van der Waals surface area contributed by atoms with Crippen LogP contribution in [0, 0.1) is 5.92 Å². The van der Waals surface area contributed by atoms with Crippen LogP contribution in [-0.4, -0.2) is 36.6 Å². The number of nitrogens with two attached hydrogens (primary N) is 2. The minimum atomic E-state index is -1.08. The van der Waals surface area contributed by atoms with E-state index < -0.39 is 12.1 Å². The van der Waals surface area contributed by atoms with Gasteiger partial charge in [-0.1, -0.05) is 30.3 Å². The fraction of sp³-hybridized carbons (Fsp3) is 0.214. The van der Waals surface area contributed by atoms with Crippen molar-refractivity contribution >= 4 is 34.3 Å². The highest BCUT2D eigenvalue weighted by Gasteiger charge is 2.32. The Labute approximate surface area is 222 Å². The number of para-hydroxylation sites is 1. The van der Waals surface area contributed by atoms with Gasteiger partial charge in [0.15, 0.2) is 5.82 Å². The molecule has 1 aliphatic carbocycles. The number of nitrogens with zero attached hydrogens (tertiary/aromatic N) is 5. The van der Waals surface area contributed by atoms with E-state index in [1.165, 1.54) is 6.33 Å². The predicted molar refractivity (Wildman–Crippen MR) is 143 cm³/mol. The quantitative estimate of drug-likeness (QED) is 0.247. The number of ether oxygens (including phenoxy) is 2. The van der Waals surface area contributed by atoms with E-state index in [0.717, 1.165) is 22.3 Å². The smallest absolute Gasteiger partial charge is 0.412 e.